The highest BCUT2D eigenvalue weighted by Crippen LogP contribution is 2.19. The minimum absolute atomic E-state index is 0.0606. The SMILES string of the molecule is COc1ccccc1C(=O)CCC=O. The van der Waals surface area contributed by atoms with Crippen LogP contribution in [0, 0.1) is 0 Å². The van der Waals surface area contributed by atoms with Gasteiger partial charge in [0.2, 0.25) is 0 Å². The molecule has 1 aromatic rings. The monoisotopic (exact) mass is 192 g/mol. The molecular formula is C11H12O3. The van der Waals surface area contributed by atoms with Crippen molar-refractivity contribution in [3.05, 3.63) is 29.8 Å². The van der Waals surface area contributed by atoms with Crippen molar-refractivity contribution in [3.63, 3.8) is 0 Å². The zero-order chi connectivity index (χ0) is 10.4. The maximum atomic E-state index is 11.5. The minimum atomic E-state index is -0.0606. The van der Waals surface area contributed by atoms with Gasteiger partial charge in [0, 0.05) is 12.8 Å². The molecule has 1 aromatic carbocycles. The molecule has 0 heterocycles. The molecule has 0 spiro atoms. The summed E-state index contributed by atoms with van der Waals surface area (Å²) < 4.78 is 5.04. The molecule has 0 amide bonds. The average Bonchev–Trinajstić information content (AvgIpc) is 2.25. The van der Waals surface area contributed by atoms with E-state index in [1.54, 1.807) is 24.3 Å². The summed E-state index contributed by atoms with van der Waals surface area (Å²) in [5.74, 6) is 0.498. The van der Waals surface area contributed by atoms with Gasteiger partial charge in [-0.1, -0.05) is 12.1 Å². The number of ether oxygens (including phenoxy) is 1. The Kier molecular flexibility index (Phi) is 3.85. The fourth-order valence-corrected chi connectivity index (χ4v) is 1.20. The first kappa shape index (κ1) is 10.4. The molecule has 0 unspecified atom stereocenters. The van der Waals surface area contributed by atoms with Crippen molar-refractivity contribution in [1.29, 1.82) is 0 Å². The molecule has 0 atom stereocenters. The Morgan fingerprint density at radius 1 is 1.43 bits per heavy atom. The molecule has 0 fully saturated rings. The summed E-state index contributed by atoms with van der Waals surface area (Å²) in [5, 5.41) is 0. The average molecular weight is 192 g/mol. The third kappa shape index (κ3) is 2.42. The Hall–Kier alpha value is -1.64. The molecule has 3 nitrogen and oxygen atoms in total. The van der Waals surface area contributed by atoms with Crippen molar-refractivity contribution in [2.75, 3.05) is 7.11 Å². The van der Waals surface area contributed by atoms with E-state index >= 15 is 0 Å². The number of ketones is 1. The van der Waals surface area contributed by atoms with Gasteiger partial charge in [-0.3, -0.25) is 4.79 Å². The van der Waals surface area contributed by atoms with Gasteiger partial charge < -0.3 is 9.53 Å². The van der Waals surface area contributed by atoms with Gasteiger partial charge in [-0.15, -0.1) is 0 Å². The van der Waals surface area contributed by atoms with Crippen LogP contribution in [0.3, 0.4) is 0 Å². The third-order valence-corrected chi connectivity index (χ3v) is 1.90. The van der Waals surface area contributed by atoms with E-state index in [0.717, 1.165) is 6.29 Å². The molecule has 0 aliphatic heterocycles. The van der Waals surface area contributed by atoms with Crippen molar-refractivity contribution in [2.24, 2.45) is 0 Å². The molecule has 0 saturated carbocycles. The van der Waals surface area contributed by atoms with Crippen LogP contribution < -0.4 is 4.74 Å². The topological polar surface area (TPSA) is 43.4 Å². The molecule has 0 aliphatic carbocycles. The van der Waals surface area contributed by atoms with E-state index < -0.39 is 0 Å². The smallest absolute Gasteiger partial charge is 0.167 e. The number of hydrogen-bond acceptors (Lipinski definition) is 3. The third-order valence-electron chi connectivity index (χ3n) is 1.90. The largest absolute Gasteiger partial charge is 0.496 e. The first-order valence-electron chi connectivity index (χ1n) is 4.39. The summed E-state index contributed by atoms with van der Waals surface area (Å²) in [5.41, 5.74) is 0.539. The van der Waals surface area contributed by atoms with Crippen molar-refractivity contribution in [1.82, 2.24) is 0 Å². The van der Waals surface area contributed by atoms with Gasteiger partial charge in [0.25, 0.3) is 0 Å². The Morgan fingerprint density at radius 3 is 2.79 bits per heavy atom. The minimum Gasteiger partial charge on any atom is -0.496 e. The van der Waals surface area contributed by atoms with Crippen LogP contribution in [0.2, 0.25) is 0 Å². The maximum absolute atomic E-state index is 11.5. The predicted octanol–water partition coefficient (Wildman–Crippen LogP) is 1.86. The number of carbonyl (C=O) groups excluding carboxylic acids is 2. The first-order chi connectivity index (χ1) is 6.79. The van der Waals surface area contributed by atoms with E-state index in [4.69, 9.17) is 4.74 Å². The van der Waals surface area contributed by atoms with Gasteiger partial charge in [0.15, 0.2) is 5.78 Å². The van der Waals surface area contributed by atoms with E-state index in [0.29, 0.717) is 11.3 Å². The summed E-state index contributed by atoms with van der Waals surface area (Å²) in [6.07, 6.45) is 1.24. The van der Waals surface area contributed by atoms with Crippen LogP contribution in [-0.2, 0) is 4.79 Å². The molecule has 0 radical (unpaired) electrons. The highest BCUT2D eigenvalue weighted by Gasteiger charge is 2.10. The lowest BCUT2D eigenvalue weighted by molar-refractivity contribution is -0.107. The molecule has 0 aliphatic rings. The highest BCUT2D eigenvalue weighted by atomic mass is 16.5. The van der Waals surface area contributed by atoms with Crippen molar-refractivity contribution in [2.45, 2.75) is 12.8 Å². The fourth-order valence-electron chi connectivity index (χ4n) is 1.20. The lowest BCUT2D eigenvalue weighted by Crippen LogP contribution is -2.01. The van der Waals surface area contributed by atoms with Gasteiger partial charge in [-0.2, -0.15) is 0 Å². The van der Waals surface area contributed by atoms with Gasteiger partial charge in [0.1, 0.15) is 12.0 Å². The number of aldehydes is 1. The molecule has 1 rings (SSSR count). The van der Waals surface area contributed by atoms with Crippen LogP contribution in [0.4, 0.5) is 0 Å². The normalized spacial score (nSPS) is 9.50. The van der Waals surface area contributed by atoms with Crippen LogP contribution in [0.25, 0.3) is 0 Å². The fraction of sp³-hybridized carbons (Fsp3) is 0.273. The number of hydrogen-bond donors (Lipinski definition) is 0. The van der Waals surface area contributed by atoms with Crippen LogP contribution in [0.1, 0.15) is 23.2 Å². The number of carbonyl (C=O) groups is 2. The van der Waals surface area contributed by atoms with Crippen molar-refractivity contribution >= 4 is 12.1 Å². The summed E-state index contributed by atoms with van der Waals surface area (Å²) >= 11 is 0. The summed E-state index contributed by atoms with van der Waals surface area (Å²) in [4.78, 5) is 21.7. The number of Topliss-reactive ketones (excluding diaryl/α,β-unsaturated/α-hetero) is 1. The van der Waals surface area contributed by atoms with Crippen LogP contribution in [-0.4, -0.2) is 19.2 Å². The summed E-state index contributed by atoms with van der Waals surface area (Å²) in [6, 6.07) is 7.01. The molecule has 0 bridgehead atoms. The number of rotatable bonds is 5. The molecule has 74 valence electrons. The van der Waals surface area contributed by atoms with Crippen molar-refractivity contribution < 1.29 is 14.3 Å². The van der Waals surface area contributed by atoms with E-state index in [9.17, 15) is 9.59 Å². The molecule has 0 N–H and O–H groups in total. The zero-order valence-corrected chi connectivity index (χ0v) is 8.03. The van der Waals surface area contributed by atoms with E-state index in [-0.39, 0.29) is 18.6 Å². The Labute approximate surface area is 82.7 Å². The standard InChI is InChI=1S/C11H12O3/c1-14-11-7-3-2-5-9(11)10(13)6-4-8-12/h2-3,5,7-8H,4,6H2,1H3. The van der Waals surface area contributed by atoms with Crippen LogP contribution in [0.15, 0.2) is 24.3 Å². The second-order valence-electron chi connectivity index (χ2n) is 2.83. The van der Waals surface area contributed by atoms with E-state index in [1.807, 2.05) is 0 Å². The second-order valence-corrected chi connectivity index (χ2v) is 2.83. The Balaban J connectivity index is 2.82. The van der Waals surface area contributed by atoms with E-state index in [1.165, 1.54) is 7.11 Å². The molecule has 0 saturated heterocycles. The maximum Gasteiger partial charge on any atom is 0.167 e. The Bertz CT molecular complexity index is 331. The van der Waals surface area contributed by atoms with E-state index in [2.05, 4.69) is 0 Å². The number of methoxy groups -OCH3 is 1. The van der Waals surface area contributed by atoms with Crippen LogP contribution >= 0.6 is 0 Å². The number of benzene rings is 1. The van der Waals surface area contributed by atoms with Gasteiger partial charge in [-0.05, 0) is 12.1 Å². The summed E-state index contributed by atoms with van der Waals surface area (Å²) in [7, 11) is 1.52. The molecule has 14 heavy (non-hydrogen) atoms. The summed E-state index contributed by atoms with van der Waals surface area (Å²) in [6.45, 7) is 0. The second kappa shape index (κ2) is 5.17. The van der Waals surface area contributed by atoms with Crippen molar-refractivity contribution in [3.8, 4) is 5.75 Å². The Morgan fingerprint density at radius 2 is 2.14 bits per heavy atom. The molecular weight excluding hydrogens is 180 g/mol. The number of para-hydroxylation sites is 1. The molecule has 0 aromatic heterocycles. The molecule has 3 heteroatoms. The van der Waals surface area contributed by atoms with Crippen LogP contribution in [0.5, 0.6) is 5.75 Å². The van der Waals surface area contributed by atoms with Gasteiger partial charge >= 0.3 is 0 Å². The lowest BCUT2D eigenvalue weighted by atomic mass is 10.1. The zero-order valence-electron chi connectivity index (χ0n) is 8.03. The highest BCUT2D eigenvalue weighted by molar-refractivity contribution is 5.99. The predicted molar refractivity (Wildman–Crippen MR) is 52.6 cm³/mol. The van der Waals surface area contributed by atoms with Gasteiger partial charge in [0.05, 0.1) is 12.7 Å². The first-order valence-corrected chi connectivity index (χ1v) is 4.39. The van der Waals surface area contributed by atoms with Gasteiger partial charge in [-0.25, -0.2) is 0 Å². The quantitative estimate of drug-likeness (QED) is 0.528. The lowest BCUT2D eigenvalue weighted by Gasteiger charge is -2.05.